The van der Waals surface area contributed by atoms with Gasteiger partial charge in [-0.3, -0.25) is 9.69 Å². The van der Waals surface area contributed by atoms with Crippen LogP contribution in [0.1, 0.15) is 78.8 Å². The van der Waals surface area contributed by atoms with E-state index in [9.17, 15) is 4.79 Å². The summed E-state index contributed by atoms with van der Waals surface area (Å²) in [5, 5.41) is 5.76. The first-order valence-electron chi connectivity index (χ1n) is 13.0. The quantitative estimate of drug-likeness (QED) is 0.191. The number of carbonyl (C=O) groups is 1. The number of aryl methyl sites for hydroxylation is 1. The van der Waals surface area contributed by atoms with Crippen LogP contribution in [0.5, 0.6) is 5.75 Å². The summed E-state index contributed by atoms with van der Waals surface area (Å²) in [5.74, 6) is 0.675. The number of carbonyl (C=O) groups excluding carboxylic acids is 1. The molecule has 37 heavy (non-hydrogen) atoms. The van der Waals surface area contributed by atoms with Gasteiger partial charge in [-0.25, -0.2) is 0 Å². The minimum Gasteiger partial charge on any atom is -0.497 e. The molecule has 1 N–H and O–H groups in total. The lowest BCUT2D eigenvalue weighted by atomic mass is 9.88. The number of ether oxygens (including phenoxy) is 1. The van der Waals surface area contributed by atoms with E-state index < -0.39 is 5.92 Å². The van der Waals surface area contributed by atoms with E-state index in [0.29, 0.717) is 28.7 Å². The van der Waals surface area contributed by atoms with Crippen LogP contribution in [0.4, 0.5) is 0 Å². The second kappa shape index (κ2) is 12.4. The molecule has 0 saturated heterocycles. The summed E-state index contributed by atoms with van der Waals surface area (Å²) in [4.78, 5) is 24.5. The molecule has 0 fully saturated rings. The van der Waals surface area contributed by atoms with Gasteiger partial charge in [0.05, 0.1) is 13.7 Å². The number of rotatable bonds is 13. The second-order valence-corrected chi connectivity index (χ2v) is 9.85. The van der Waals surface area contributed by atoms with Gasteiger partial charge in [-0.2, -0.15) is 4.98 Å². The highest BCUT2D eigenvalue weighted by Gasteiger charge is 2.33. The molecule has 2 heterocycles. The fourth-order valence-electron chi connectivity index (χ4n) is 4.66. The molecular weight excluding hydrogens is 488 g/mol. The van der Waals surface area contributed by atoms with E-state index in [-0.39, 0.29) is 11.7 Å². The van der Waals surface area contributed by atoms with Gasteiger partial charge in [-0.1, -0.05) is 43.4 Å². The lowest BCUT2D eigenvalue weighted by Crippen LogP contribution is -2.26. The van der Waals surface area contributed by atoms with E-state index in [1.165, 1.54) is 0 Å². The van der Waals surface area contributed by atoms with E-state index >= 15 is 0 Å². The maximum Gasteiger partial charge on any atom is 0.242 e. The van der Waals surface area contributed by atoms with Crippen LogP contribution in [0.2, 0.25) is 5.02 Å². The number of hydrogen-bond donors (Lipinski definition) is 1. The lowest BCUT2D eigenvalue weighted by Gasteiger charge is -2.19. The summed E-state index contributed by atoms with van der Waals surface area (Å²) in [6.07, 6.45) is 4.48. The van der Waals surface area contributed by atoms with Crippen LogP contribution in [0.25, 0.3) is 10.9 Å². The number of methoxy groups -OCH3 is 1. The van der Waals surface area contributed by atoms with Gasteiger partial charge < -0.3 is 14.2 Å². The zero-order valence-electron chi connectivity index (χ0n) is 22.0. The van der Waals surface area contributed by atoms with Crippen molar-refractivity contribution in [3.63, 3.8) is 0 Å². The first kappa shape index (κ1) is 26.9. The second-order valence-electron chi connectivity index (χ2n) is 9.41. The highest BCUT2D eigenvalue weighted by atomic mass is 35.5. The molecule has 0 bridgehead atoms. The molecule has 0 radical (unpaired) electrons. The molecule has 0 aliphatic heterocycles. The largest absolute Gasteiger partial charge is 0.497 e. The van der Waals surface area contributed by atoms with Crippen LogP contribution in [0.15, 0.2) is 47.0 Å². The van der Waals surface area contributed by atoms with Crippen molar-refractivity contribution in [3.8, 4) is 5.75 Å². The Balaban J connectivity index is 1.76. The van der Waals surface area contributed by atoms with E-state index in [1.54, 1.807) is 31.4 Å². The van der Waals surface area contributed by atoms with Crippen molar-refractivity contribution < 1.29 is 14.1 Å². The molecule has 4 rings (SSSR count). The predicted octanol–water partition coefficient (Wildman–Crippen LogP) is 6.94. The zero-order chi connectivity index (χ0) is 26.4. The molecule has 8 heteroatoms. The molecular formula is C29H35ClN4O3. The summed E-state index contributed by atoms with van der Waals surface area (Å²) in [6, 6.07) is 12.7. The number of aromatic amines is 1. The first-order valence-corrected chi connectivity index (χ1v) is 13.3. The van der Waals surface area contributed by atoms with Gasteiger partial charge in [0.25, 0.3) is 0 Å². The molecule has 4 aromatic rings. The highest BCUT2D eigenvalue weighted by Crippen LogP contribution is 2.37. The fraction of sp³-hybridized carbons (Fsp3) is 0.414. The number of unbranched alkanes of at least 4 members (excludes halogenated alkanes) is 2. The summed E-state index contributed by atoms with van der Waals surface area (Å²) < 4.78 is 11.3. The Labute approximate surface area is 223 Å². The van der Waals surface area contributed by atoms with Crippen LogP contribution in [0, 0.1) is 6.92 Å². The van der Waals surface area contributed by atoms with E-state index in [0.717, 1.165) is 60.9 Å². The number of H-pyrrole nitrogens is 1. The average Bonchev–Trinajstić information content (AvgIpc) is 3.49. The first-order chi connectivity index (χ1) is 17.9. The van der Waals surface area contributed by atoms with Crippen molar-refractivity contribution in [1.29, 1.82) is 0 Å². The summed E-state index contributed by atoms with van der Waals surface area (Å²) in [7, 11) is 1.63. The molecule has 0 aliphatic rings. The van der Waals surface area contributed by atoms with E-state index in [4.69, 9.17) is 25.8 Å². The van der Waals surface area contributed by atoms with Crippen molar-refractivity contribution >= 4 is 28.3 Å². The Bertz CT molecular complexity index is 1320. The molecule has 196 valence electrons. The van der Waals surface area contributed by atoms with Gasteiger partial charge in [0, 0.05) is 32.7 Å². The Morgan fingerprint density at radius 1 is 1.11 bits per heavy atom. The van der Waals surface area contributed by atoms with Crippen molar-refractivity contribution in [2.75, 3.05) is 20.2 Å². The Morgan fingerprint density at radius 2 is 1.81 bits per heavy atom. The maximum atomic E-state index is 14.0. The number of halogens is 1. The van der Waals surface area contributed by atoms with Crippen LogP contribution in [-0.4, -0.2) is 46.0 Å². The summed E-state index contributed by atoms with van der Waals surface area (Å²) in [5.41, 5.74) is 3.10. The Morgan fingerprint density at radius 3 is 2.46 bits per heavy atom. The van der Waals surface area contributed by atoms with Crippen molar-refractivity contribution in [2.45, 2.75) is 58.9 Å². The normalized spacial score (nSPS) is 12.4. The molecule has 0 aliphatic carbocycles. The third-order valence-corrected chi connectivity index (χ3v) is 6.93. The van der Waals surface area contributed by atoms with Crippen molar-refractivity contribution in [2.24, 2.45) is 0 Å². The van der Waals surface area contributed by atoms with Crippen molar-refractivity contribution in [1.82, 2.24) is 20.0 Å². The van der Waals surface area contributed by atoms with Gasteiger partial charge in [0.15, 0.2) is 11.6 Å². The molecule has 2 aromatic carbocycles. The number of fused-ring (bicyclic) bond motifs is 1. The zero-order valence-corrected chi connectivity index (χ0v) is 22.8. The number of nitrogens with zero attached hydrogens (tertiary/aromatic N) is 3. The monoisotopic (exact) mass is 522 g/mol. The van der Waals surface area contributed by atoms with Gasteiger partial charge >= 0.3 is 0 Å². The van der Waals surface area contributed by atoms with Gasteiger partial charge in [0.1, 0.15) is 11.7 Å². The highest BCUT2D eigenvalue weighted by molar-refractivity contribution is 6.30. The van der Waals surface area contributed by atoms with E-state index in [2.05, 4.69) is 28.9 Å². The van der Waals surface area contributed by atoms with Gasteiger partial charge in [-0.05, 0) is 75.3 Å². The van der Waals surface area contributed by atoms with Crippen LogP contribution < -0.4 is 4.74 Å². The predicted molar refractivity (Wildman–Crippen MR) is 147 cm³/mol. The molecule has 0 amide bonds. The summed E-state index contributed by atoms with van der Waals surface area (Å²) in [6.45, 7) is 8.89. The van der Waals surface area contributed by atoms with E-state index in [1.807, 2.05) is 25.1 Å². The topological polar surface area (TPSA) is 84.2 Å². The third kappa shape index (κ3) is 6.22. The lowest BCUT2D eigenvalue weighted by molar-refractivity contribution is 0.0961. The molecule has 0 spiro atoms. The standard InChI is InChI=1S/C29H35ClN4O3/c1-5-7-15-34(16-8-6-2)18-25-32-29(37-33-25)27(28(35)20-9-11-21(30)12-10-20)26-19(3)31-24-14-13-22(36-4)17-23(24)26/h9-14,17,27,31H,5-8,15-16,18H2,1-4H3. The number of benzene rings is 2. The fourth-order valence-corrected chi connectivity index (χ4v) is 4.78. The molecule has 2 aromatic heterocycles. The number of nitrogens with one attached hydrogen (secondary N) is 1. The minimum atomic E-state index is -0.775. The number of ketones is 1. The molecule has 0 saturated carbocycles. The maximum absolute atomic E-state index is 14.0. The number of Topliss-reactive ketones (excluding diaryl/α,β-unsaturated/α-hetero) is 1. The summed E-state index contributed by atoms with van der Waals surface area (Å²) >= 11 is 6.10. The van der Waals surface area contributed by atoms with Gasteiger partial charge in [0.2, 0.25) is 5.89 Å². The SMILES string of the molecule is CCCCN(CCCC)Cc1noc(C(C(=O)c2ccc(Cl)cc2)c2c(C)[nH]c3ccc(OC)cc23)n1. The van der Waals surface area contributed by atoms with Crippen LogP contribution in [-0.2, 0) is 6.54 Å². The number of hydrogen-bond acceptors (Lipinski definition) is 6. The minimum absolute atomic E-state index is 0.132. The van der Waals surface area contributed by atoms with Gasteiger partial charge in [-0.15, -0.1) is 0 Å². The van der Waals surface area contributed by atoms with Crippen LogP contribution in [0.3, 0.4) is 0 Å². The Kier molecular flexibility index (Phi) is 9.00. The molecule has 7 nitrogen and oxygen atoms in total. The average molecular weight is 523 g/mol. The van der Waals surface area contributed by atoms with Crippen LogP contribution >= 0.6 is 11.6 Å². The van der Waals surface area contributed by atoms with Crippen molar-refractivity contribution in [3.05, 3.63) is 76.0 Å². The Hall–Kier alpha value is -3.16. The smallest absolute Gasteiger partial charge is 0.242 e. The molecule has 1 unspecified atom stereocenters. The third-order valence-electron chi connectivity index (χ3n) is 6.67. The number of aromatic nitrogens is 3. The molecule has 1 atom stereocenters.